The normalized spacial score (nSPS) is 14.1. The highest BCUT2D eigenvalue weighted by molar-refractivity contribution is 5.86. The number of carbonyl (C=O) groups is 3. The number of aliphatic carboxylic acids is 1. The summed E-state index contributed by atoms with van der Waals surface area (Å²) < 4.78 is 5.45. The van der Waals surface area contributed by atoms with Gasteiger partial charge in [0.2, 0.25) is 5.91 Å². The van der Waals surface area contributed by atoms with Gasteiger partial charge in [-0.2, -0.15) is 0 Å². The third-order valence-corrected chi connectivity index (χ3v) is 5.48. The Morgan fingerprint density at radius 2 is 1.58 bits per heavy atom. The molecule has 0 heterocycles. The summed E-state index contributed by atoms with van der Waals surface area (Å²) in [5, 5.41) is 14.2. The zero-order valence-electron chi connectivity index (χ0n) is 17.8. The Balaban J connectivity index is 1.56. The zero-order valence-corrected chi connectivity index (χ0v) is 17.8. The number of alkyl carbamates (subject to hydrolysis) is 1. The van der Waals surface area contributed by atoms with Crippen molar-refractivity contribution in [2.24, 2.45) is 0 Å². The van der Waals surface area contributed by atoms with Crippen molar-refractivity contribution < 1.29 is 24.2 Å². The monoisotopic (exact) mass is 424 g/mol. The number of carboxylic acids is 1. The molecule has 1 aliphatic carbocycles. The first-order valence-electron chi connectivity index (χ1n) is 10.5. The number of ether oxygens (including phenoxy) is 1. The first kappa shape index (κ1) is 22.3. The van der Waals surface area contributed by atoms with E-state index in [2.05, 4.69) is 22.8 Å². The van der Waals surface area contributed by atoms with E-state index in [1.165, 1.54) is 0 Å². The van der Waals surface area contributed by atoms with Gasteiger partial charge in [-0.3, -0.25) is 9.59 Å². The molecule has 7 heteroatoms. The van der Waals surface area contributed by atoms with Crippen molar-refractivity contribution in [3.8, 4) is 11.1 Å². The van der Waals surface area contributed by atoms with Gasteiger partial charge in [-0.15, -0.1) is 0 Å². The third-order valence-electron chi connectivity index (χ3n) is 5.48. The maximum atomic E-state index is 12.4. The smallest absolute Gasteiger partial charge is 0.407 e. The van der Waals surface area contributed by atoms with Crippen LogP contribution >= 0.6 is 0 Å². The molecule has 2 amide bonds. The predicted octanol–water partition coefficient (Wildman–Crippen LogP) is 3.67. The molecule has 31 heavy (non-hydrogen) atoms. The van der Waals surface area contributed by atoms with Gasteiger partial charge in [-0.25, -0.2) is 4.79 Å². The molecular weight excluding hydrogens is 396 g/mol. The van der Waals surface area contributed by atoms with Crippen molar-refractivity contribution in [2.45, 2.75) is 51.1 Å². The Hall–Kier alpha value is -3.35. The highest BCUT2D eigenvalue weighted by Gasteiger charge is 2.29. The van der Waals surface area contributed by atoms with Crippen LogP contribution in [0.3, 0.4) is 0 Å². The van der Waals surface area contributed by atoms with Crippen LogP contribution in [0.1, 0.15) is 50.2 Å². The second-order valence-electron chi connectivity index (χ2n) is 7.78. The topological polar surface area (TPSA) is 105 Å². The minimum Gasteiger partial charge on any atom is -0.481 e. The van der Waals surface area contributed by atoms with Crippen LogP contribution in [0.15, 0.2) is 48.5 Å². The van der Waals surface area contributed by atoms with Crippen LogP contribution in [0, 0.1) is 0 Å². The molecule has 2 aromatic rings. The first-order valence-corrected chi connectivity index (χ1v) is 10.5. The molecule has 3 N–H and O–H groups in total. The van der Waals surface area contributed by atoms with Crippen molar-refractivity contribution >= 4 is 18.0 Å². The summed E-state index contributed by atoms with van der Waals surface area (Å²) in [6.45, 7) is 3.62. The van der Waals surface area contributed by atoms with Crippen molar-refractivity contribution in [2.75, 3.05) is 6.61 Å². The van der Waals surface area contributed by atoms with Gasteiger partial charge in [-0.05, 0) is 35.6 Å². The molecule has 2 aromatic carbocycles. The number of nitrogens with one attached hydrogen (secondary N) is 2. The second kappa shape index (κ2) is 10.1. The summed E-state index contributed by atoms with van der Waals surface area (Å²) in [4.78, 5) is 35.6. The van der Waals surface area contributed by atoms with Crippen LogP contribution in [-0.4, -0.2) is 41.8 Å². The van der Waals surface area contributed by atoms with E-state index in [1.807, 2.05) is 43.3 Å². The maximum Gasteiger partial charge on any atom is 0.407 e. The zero-order chi connectivity index (χ0) is 22.4. The molecule has 0 aromatic heterocycles. The van der Waals surface area contributed by atoms with Gasteiger partial charge in [0.25, 0.3) is 0 Å². The van der Waals surface area contributed by atoms with Crippen LogP contribution in [0.4, 0.5) is 4.79 Å². The van der Waals surface area contributed by atoms with E-state index in [4.69, 9.17) is 9.84 Å². The molecule has 0 saturated carbocycles. The van der Waals surface area contributed by atoms with Gasteiger partial charge in [-0.1, -0.05) is 61.9 Å². The lowest BCUT2D eigenvalue weighted by Crippen LogP contribution is -2.48. The summed E-state index contributed by atoms with van der Waals surface area (Å²) in [6.07, 6.45) is 0.453. The van der Waals surface area contributed by atoms with Crippen LogP contribution in [0.25, 0.3) is 11.1 Å². The van der Waals surface area contributed by atoms with Crippen LogP contribution in [0.5, 0.6) is 0 Å². The number of carbonyl (C=O) groups excluding carboxylic acids is 2. The van der Waals surface area contributed by atoms with E-state index in [0.717, 1.165) is 28.7 Å². The number of carboxylic acid groups (broad SMARTS) is 1. The van der Waals surface area contributed by atoms with Crippen LogP contribution in [-0.2, 0) is 14.3 Å². The van der Waals surface area contributed by atoms with Gasteiger partial charge in [0.05, 0.1) is 6.42 Å². The minimum atomic E-state index is -0.976. The molecule has 0 aliphatic heterocycles. The van der Waals surface area contributed by atoms with Crippen molar-refractivity contribution in [1.29, 1.82) is 0 Å². The highest BCUT2D eigenvalue weighted by Crippen LogP contribution is 2.44. The van der Waals surface area contributed by atoms with E-state index >= 15 is 0 Å². The summed E-state index contributed by atoms with van der Waals surface area (Å²) in [5.41, 5.74) is 4.50. The fraction of sp³-hybridized carbons (Fsp3) is 0.375. The number of rotatable bonds is 9. The lowest BCUT2D eigenvalue weighted by Gasteiger charge is -2.20. The third kappa shape index (κ3) is 5.42. The summed E-state index contributed by atoms with van der Waals surface area (Å²) >= 11 is 0. The average molecular weight is 424 g/mol. The van der Waals surface area contributed by atoms with Gasteiger partial charge < -0.3 is 20.5 Å². The number of hydrogen-bond acceptors (Lipinski definition) is 4. The number of fused-ring (bicyclic) bond motifs is 3. The van der Waals surface area contributed by atoms with E-state index in [1.54, 1.807) is 6.92 Å². The second-order valence-corrected chi connectivity index (χ2v) is 7.78. The molecule has 7 nitrogen and oxygen atoms in total. The van der Waals surface area contributed by atoms with Gasteiger partial charge >= 0.3 is 12.1 Å². The fourth-order valence-electron chi connectivity index (χ4n) is 3.99. The Morgan fingerprint density at radius 1 is 1.00 bits per heavy atom. The Morgan fingerprint density at radius 3 is 2.13 bits per heavy atom. The maximum absolute atomic E-state index is 12.4. The number of hydrogen-bond donors (Lipinski definition) is 3. The predicted molar refractivity (Wildman–Crippen MR) is 117 cm³/mol. The van der Waals surface area contributed by atoms with E-state index < -0.39 is 30.1 Å². The van der Waals surface area contributed by atoms with Crippen LogP contribution < -0.4 is 10.6 Å². The fourth-order valence-corrected chi connectivity index (χ4v) is 3.99. The molecule has 164 valence electrons. The lowest BCUT2D eigenvalue weighted by molar-refractivity contribution is -0.137. The van der Waals surface area contributed by atoms with E-state index in [0.29, 0.717) is 6.42 Å². The molecule has 1 unspecified atom stereocenters. The van der Waals surface area contributed by atoms with Crippen LogP contribution in [0.2, 0.25) is 0 Å². The summed E-state index contributed by atoms with van der Waals surface area (Å²) in [7, 11) is 0. The van der Waals surface area contributed by atoms with Crippen molar-refractivity contribution in [3.63, 3.8) is 0 Å². The van der Waals surface area contributed by atoms with Crippen molar-refractivity contribution in [1.82, 2.24) is 10.6 Å². The molecule has 0 radical (unpaired) electrons. The summed E-state index contributed by atoms with van der Waals surface area (Å²) in [6, 6.07) is 14.8. The quantitative estimate of drug-likeness (QED) is 0.570. The van der Waals surface area contributed by atoms with Gasteiger partial charge in [0.15, 0.2) is 0 Å². The lowest BCUT2D eigenvalue weighted by atomic mass is 9.98. The Bertz CT molecular complexity index is 913. The standard InChI is InChI=1S/C24H28N2O5/c1-3-8-16(13-22(27)28)26-23(29)15(2)25-24(30)31-14-21-19-11-6-4-9-17(19)18-10-5-7-12-20(18)21/h4-7,9-12,15-16,21H,3,8,13-14H2,1-2H3,(H,25,30)(H,26,29)(H,27,28)/t15?,16-/m0/s1. The molecule has 0 spiro atoms. The first-order chi connectivity index (χ1) is 14.9. The minimum absolute atomic E-state index is 0.0632. The van der Waals surface area contributed by atoms with Gasteiger partial charge in [0.1, 0.15) is 12.6 Å². The molecule has 0 saturated heterocycles. The average Bonchev–Trinajstić information content (AvgIpc) is 3.06. The molecule has 3 rings (SSSR count). The van der Waals surface area contributed by atoms with E-state index in [-0.39, 0.29) is 18.9 Å². The molecule has 1 aliphatic rings. The molecule has 0 bridgehead atoms. The highest BCUT2D eigenvalue weighted by atomic mass is 16.5. The molecular formula is C24H28N2O5. The molecule has 0 fully saturated rings. The SMILES string of the molecule is CCC[C@@H](CC(=O)O)NC(=O)C(C)NC(=O)OCC1c2ccccc2-c2ccccc21. The van der Waals surface area contributed by atoms with E-state index in [9.17, 15) is 14.4 Å². The Labute approximate surface area is 181 Å². The van der Waals surface area contributed by atoms with Gasteiger partial charge in [0, 0.05) is 12.0 Å². The largest absolute Gasteiger partial charge is 0.481 e. The summed E-state index contributed by atoms with van der Waals surface area (Å²) in [5.74, 6) is -1.48. The number of amides is 2. The van der Waals surface area contributed by atoms with Crippen molar-refractivity contribution in [3.05, 3.63) is 59.7 Å². The Kier molecular flexibility index (Phi) is 7.28. The number of benzene rings is 2. The molecule has 2 atom stereocenters.